The van der Waals surface area contributed by atoms with Crippen molar-refractivity contribution < 1.29 is 9.32 Å². The van der Waals surface area contributed by atoms with Crippen LogP contribution < -0.4 is 15.8 Å². The van der Waals surface area contributed by atoms with E-state index in [-0.39, 0.29) is 23.9 Å². The molecule has 2 aliphatic rings. The second kappa shape index (κ2) is 9.66. The Morgan fingerprint density at radius 2 is 1.94 bits per heavy atom. The van der Waals surface area contributed by atoms with Crippen LogP contribution in [0.5, 0.6) is 0 Å². The first-order chi connectivity index (χ1) is 17.6. The van der Waals surface area contributed by atoms with E-state index in [0.29, 0.717) is 28.1 Å². The maximum Gasteiger partial charge on any atom is 0.273 e. The number of carbonyl (C=O) groups is 1. The van der Waals surface area contributed by atoms with Crippen molar-refractivity contribution in [2.45, 2.75) is 43.2 Å². The molecule has 2 fully saturated rings. The minimum atomic E-state index is -0.188. The minimum absolute atomic E-state index is 0.0503. The molecule has 0 bridgehead atoms. The number of rotatable bonds is 7. The Bertz CT molecular complexity index is 1450. The van der Waals surface area contributed by atoms with Crippen molar-refractivity contribution in [3.8, 4) is 11.4 Å². The van der Waals surface area contributed by atoms with Gasteiger partial charge in [0, 0.05) is 35.5 Å². The summed E-state index contributed by atoms with van der Waals surface area (Å²) in [6.45, 7) is 1.60. The van der Waals surface area contributed by atoms with E-state index in [1.165, 1.54) is 22.2 Å². The second-order valence-corrected chi connectivity index (χ2v) is 11.0. The highest BCUT2D eigenvalue weighted by Crippen LogP contribution is 2.30. The molecule has 36 heavy (non-hydrogen) atoms. The van der Waals surface area contributed by atoms with E-state index in [1.807, 2.05) is 30.5 Å². The second-order valence-electron chi connectivity index (χ2n) is 9.11. The Morgan fingerprint density at radius 3 is 2.67 bits per heavy atom. The third-order valence-electron chi connectivity index (χ3n) is 6.55. The Kier molecular flexibility index (Phi) is 6.22. The van der Waals surface area contributed by atoms with Gasteiger partial charge < -0.3 is 14.7 Å². The number of thiazole rings is 1. The van der Waals surface area contributed by atoms with Gasteiger partial charge in [-0.05, 0) is 56.2 Å². The molecule has 1 aliphatic carbocycles. The Labute approximate surface area is 215 Å². The molecule has 4 aromatic rings. The molecule has 1 aliphatic heterocycles. The highest BCUT2D eigenvalue weighted by molar-refractivity contribution is 7.98. The van der Waals surface area contributed by atoms with Gasteiger partial charge in [0.05, 0.1) is 0 Å². The van der Waals surface area contributed by atoms with E-state index in [9.17, 15) is 9.59 Å². The van der Waals surface area contributed by atoms with Crippen LogP contribution in [0.25, 0.3) is 21.7 Å². The number of hydrogen-bond acceptors (Lipinski definition) is 10. The maximum atomic E-state index is 13.2. The van der Waals surface area contributed by atoms with Gasteiger partial charge >= 0.3 is 0 Å². The number of thioether (sulfide) groups is 1. The highest BCUT2D eigenvalue weighted by Gasteiger charge is 2.30. The molecule has 4 heterocycles. The van der Waals surface area contributed by atoms with Crippen molar-refractivity contribution in [3.05, 3.63) is 46.8 Å². The molecule has 3 aromatic heterocycles. The average molecular weight is 524 g/mol. The van der Waals surface area contributed by atoms with E-state index >= 15 is 0 Å². The molecule has 0 radical (unpaired) electrons. The lowest BCUT2D eigenvalue weighted by Crippen LogP contribution is -2.41. The van der Waals surface area contributed by atoms with E-state index in [4.69, 9.17) is 4.52 Å². The summed E-state index contributed by atoms with van der Waals surface area (Å²) < 4.78 is 7.36. The Hall–Kier alpha value is -3.25. The predicted molar refractivity (Wildman–Crippen MR) is 138 cm³/mol. The van der Waals surface area contributed by atoms with Gasteiger partial charge in [0.25, 0.3) is 5.56 Å². The smallest absolute Gasteiger partial charge is 0.273 e. The standard InChI is InChI=1S/C24H25N7O3S2/c1-35-17-6-2-14(3-7-17)20-27-18(34-29-20)12-31-13-25-21-19(23(31)33)36-24(28-21)30-10-8-15(9-11-30)22(32)26-16-4-5-16/h2-3,6-7,13,15-16H,4-5,8-12H2,1H3,(H,26,32). The third kappa shape index (κ3) is 4.74. The van der Waals surface area contributed by atoms with Crippen molar-refractivity contribution >= 4 is 44.5 Å². The quantitative estimate of drug-likeness (QED) is 0.364. The number of aromatic nitrogens is 5. The molecule has 0 spiro atoms. The summed E-state index contributed by atoms with van der Waals surface area (Å²) >= 11 is 3.01. The molecule has 1 amide bonds. The Balaban J connectivity index is 1.15. The normalized spacial score (nSPS) is 16.5. The number of carbonyl (C=O) groups excluding carboxylic acids is 1. The van der Waals surface area contributed by atoms with Crippen LogP contribution in [0.15, 0.2) is 44.8 Å². The van der Waals surface area contributed by atoms with Crippen LogP contribution in [0.1, 0.15) is 31.6 Å². The molecule has 1 saturated carbocycles. The zero-order valence-corrected chi connectivity index (χ0v) is 21.3. The molecule has 1 saturated heterocycles. The molecule has 10 nitrogen and oxygen atoms in total. The van der Waals surface area contributed by atoms with Gasteiger partial charge in [0.2, 0.25) is 17.6 Å². The number of nitrogens with zero attached hydrogens (tertiary/aromatic N) is 6. The van der Waals surface area contributed by atoms with Crippen LogP contribution in [0.4, 0.5) is 5.13 Å². The van der Waals surface area contributed by atoms with Crippen LogP contribution in [0.2, 0.25) is 0 Å². The first-order valence-electron chi connectivity index (χ1n) is 12.0. The first kappa shape index (κ1) is 23.2. The van der Waals surface area contributed by atoms with Crippen molar-refractivity contribution in [2.75, 3.05) is 24.2 Å². The summed E-state index contributed by atoms with van der Waals surface area (Å²) in [5, 5.41) is 7.93. The van der Waals surface area contributed by atoms with Gasteiger partial charge in [-0.3, -0.25) is 14.2 Å². The molecule has 0 unspecified atom stereocenters. The fourth-order valence-corrected chi connectivity index (χ4v) is 5.71. The zero-order chi connectivity index (χ0) is 24.6. The lowest BCUT2D eigenvalue weighted by Gasteiger charge is -2.30. The summed E-state index contributed by atoms with van der Waals surface area (Å²) in [5.41, 5.74) is 1.10. The van der Waals surface area contributed by atoms with Crippen LogP contribution in [0, 0.1) is 5.92 Å². The largest absolute Gasteiger partial charge is 0.353 e. The molecule has 6 rings (SSSR count). The molecular weight excluding hydrogens is 498 g/mol. The molecule has 12 heteroatoms. The van der Waals surface area contributed by atoms with Gasteiger partial charge in [0.1, 0.15) is 17.6 Å². The number of amides is 1. The van der Waals surface area contributed by atoms with Crippen LogP contribution in [-0.2, 0) is 11.3 Å². The summed E-state index contributed by atoms with van der Waals surface area (Å²) in [6.07, 6.45) is 7.26. The lowest BCUT2D eigenvalue weighted by molar-refractivity contribution is -0.125. The highest BCUT2D eigenvalue weighted by atomic mass is 32.2. The third-order valence-corrected chi connectivity index (χ3v) is 8.39. The topological polar surface area (TPSA) is 119 Å². The van der Waals surface area contributed by atoms with Crippen molar-refractivity contribution in [2.24, 2.45) is 5.92 Å². The van der Waals surface area contributed by atoms with Crippen LogP contribution in [-0.4, -0.2) is 56.0 Å². The number of anilines is 1. The molecular formula is C24H25N7O3S2. The molecule has 186 valence electrons. The van der Waals surface area contributed by atoms with E-state index in [2.05, 4.69) is 30.3 Å². The van der Waals surface area contributed by atoms with Gasteiger partial charge in [-0.2, -0.15) is 9.97 Å². The molecule has 0 atom stereocenters. The summed E-state index contributed by atoms with van der Waals surface area (Å²) in [7, 11) is 0. The average Bonchev–Trinajstić information content (AvgIpc) is 3.42. The fraction of sp³-hybridized carbons (Fsp3) is 0.417. The van der Waals surface area contributed by atoms with Crippen molar-refractivity contribution in [3.63, 3.8) is 0 Å². The number of fused-ring (bicyclic) bond motifs is 1. The van der Waals surface area contributed by atoms with E-state index < -0.39 is 0 Å². The summed E-state index contributed by atoms with van der Waals surface area (Å²) in [6, 6.07) is 8.29. The maximum absolute atomic E-state index is 13.2. The van der Waals surface area contributed by atoms with Crippen LogP contribution >= 0.6 is 23.1 Å². The first-order valence-corrected chi connectivity index (χ1v) is 14.0. The van der Waals surface area contributed by atoms with Crippen molar-refractivity contribution in [1.29, 1.82) is 0 Å². The number of benzene rings is 1. The summed E-state index contributed by atoms with van der Waals surface area (Å²) in [4.78, 5) is 42.3. The van der Waals surface area contributed by atoms with Gasteiger partial charge in [-0.1, -0.05) is 16.5 Å². The predicted octanol–water partition coefficient (Wildman–Crippen LogP) is 3.17. The van der Waals surface area contributed by atoms with E-state index in [0.717, 1.165) is 54.4 Å². The van der Waals surface area contributed by atoms with Gasteiger partial charge in [0.15, 0.2) is 10.8 Å². The SMILES string of the molecule is CSc1ccc(-c2noc(Cn3cnc4nc(N5CCC(C(=O)NC6CC6)CC5)sc4c3=O)n2)cc1. The Morgan fingerprint density at radius 1 is 1.17 bits per heavy atom. The number of piperidine rings is 1. The van der Waals surface area contributed by atoms with Gasteiger partial charge in [-0.25, -0.2) is 4.98 Å². The van der Waals surface area contributed by atoms with Gasteiger partial charge in [-0.15, -0.1) is 11.8 Å². The van der Waals surface area contributed by atoms with Crippen LogP contribution in [0.3, 0.4) is 0 Å². The fourth-order valence-electron chi connectivity index (χ4n) is 4.28. The summed E-state index contributed by atoms with van der Waals surface area (Å²) in [5.74, 6) is 1.04. The molecule has 1 N–H and O–H groups in total. The lowest BCUT2D eigenvalue weighted by atomic mass is 9.96. The monoisotopic (exact) mass is 523 g/mol. The molecule has 1 aromatic carbocycles. The number of hydrogen-bond donors (Lipinski definition) is 1. The number of nitrogens with one attached hydrogen (secondary N) is 1. The zero-order valence-electron chi connectivity index (χ0n) is 19.7. The van der Waals surface area contributed by atoms with E-state index in [1.54, 1.807) is 11.8 Å². The minimum Gasteiger partial charge on any atom is -0.353 e. The van der Waals surface area contributed by atoms with Crippen molar-refractivity contribution in [1.82, 2.24) is 30.0 Å².